The number of H-pyrrole nitrogens is 1. The summed E-state index contributed by atoms with van der Waals surface area (Å²) in [5, 5.41) is 2.63. The number of hydrogen-bond donors (Lipinski definition) is 2. The van der Waals surface area contributed by atoms with E-state index in [1.54, 1.807) is 19.2 Å². The van der Waals surface area contributed by atoms with Gasteiger partial charge in [-0.1, -0.05) is 12.1 Å². The van der Waals surface area contributed by atoms with Crippen molar-refractivity contribution >= 4 is 23.7 Å². The zero-order valence-corrected chi connectivity index (χ0v) is 11.4. The Kier molecular flexibility index (Phi) is 3.94. The number of nitrogens with two attached hydrogens (primary N) is 1. The molecule has 1 aromatic heterocycles. The number of nitrogens with zero attached hydrogens (tertiary/aromatic N) is 2. The van der Waals surface area contributed by atoms with Gasteiger partial charge in [-0.05, 0) is 35.1 Å². The molecular weight excluding hydrogens is 280 g/mol. The summed E-state index contributed by atoms with van der Waals surface area (Å²) in [7, 11) is 1.58. The number of anilines is 1. The zero-order chi connectivity index (χ0) is 14.7. The molecule has 0 spiro atoms. The van der Waals surface area contributed by atoms with E-state index < -0.39 is 5.56 Å². The van der Waals surface area contributed by atoms with Gasteiger partial charge in [0.1, 0.15) is 11.6 Å². The first-order valence-corrected chi connectivity index (χ1v) is 6.06. The monoisotopic (exact) mass is 292 g/mol. The quantitative estimate of drug-likeness (QED) is 0.662. The number of hydrogen-bond acceptors (Lipinski definition) is 6. The lowest BCUT2D eigenvalue weighted by Gasteiger charge is -2.11. The van der Waals surface area contributed by atoms with E-state index in [4.69, 9.17) is 22.7 Å². The lowest BCUT2D eigenvalue weighted by molar-refractivity contribution is 0.414. The maximum atomic E-state index is 11.5. The molecule has 1 heterocycles. The fraction of sp³-hybridized carbons (Fsp3) is 0.167. The van der Waals surface area contributed by atoms with Crippen molar-refractivity contribution in [1.82, 2.24) is 9.55 Å². The number of aromatic nitrogens is 2. The highest BCUT2D eigenvalue weighted by molar-refractivity contribution is 7.71. The van der Waals surface area contributed by atoms with E-state index in [0.717, 1.165) is 11.3 Å². The fourth-order valence-electron chi connectivity index (χ4n) is 1.74. The first-order chi connectivity index (χ1) is 9.56. The van der Waals surface area contributed by atoms with Gasteiger partial charge in [-0.3, -0.25) is 14.3 Å². The molecule has 0 unspecified atom stereocenters. The van der Waals surface area contributed by atoms with Crippen LogP contribution in [0.2, 0.25) is 0 Å². The fourth-order valence-corrected chi connectivity index (χ4v) is 1.99. The van der Waals surface area contributed by atoms with Gasteiger partial charge in [0.05, 0.1) is 13.7 Å². The Bertz CT molecular complexity index is 749. The molecule has 0 amide bonds. The average Bonchev–Trinajstić information content (AvgIpc) is 2.44. The summed E-state index contributed by atoms with van der Waals surface area (Å²) in [6, 6.07) is 7.25. The molecule has 0 radical (unpaired) electrons. The summed E-state index contributed by atoms with van der Waals surface area (Å²) in [5.74, 6) is 0.673. The van der Waals surface area contributed by atoms with E-state index in [0.29, 0.717) is 6.54 Å². The number of rotatable bonds is 4. The molecule has 2 aromatic rings. The van der Waals surface area contributed by atoms with E-state index >= 15 is 0 Å². The van der Waals surface area contributed by atoms with Crippen LogP contribution in [-0.2, 0) is 6.54 Å². The molecule has 0 saturated carbocycles. The molecular formula is C12H12N4O3S. The largest absolute Gasteiger partial charge is 0.497 e. The van der Waals surface area contributed by atoms with E-state index in [-0.39, 0.29) is 16.3 Å². The van der Waals surface area contributed by atoms with E-state index in [1.807, 2.05) is 12.1 Å². The maximum absolute atomic E-state index is 11.5. The number of nitroso groups, excluding NO2 is 1. The van der Waals surface area contributed by atoms with Crippen LogP contribution in [0.1, 0.15) is 5.56 Å². The number of methoxy groups -OCH3 is 1. The van der Waals surface area contributed by atoms with Crippen LogP contribution in [0.25, 0.3) is 0 Å². The highest BCUT2D eigenvalue weighted by atomic mass is 32.1. The van der Waals surface area contributed by atoms with Crippen molar-refractivity contribution < 1.29 is 4.74 Å². The first-order valence-electron chi connectivity index (χ1n) is 5.65. The topological polar surface area (TPSA) is 102 Å². The molecule has 3 N–H and O–H groups in total. The molecule has 0 atom stereocenters. The molecule has 104 valence electrons. The van der Waals surface area contributed by atoms with Gasteiger partial charge in [0.2, 0.25) is 5.69 Å². The third-order valence-electron chi connectivity index (χ3n) is 2.81. The molecule has 8 heteroatoms. The Hall–Kier alpha value is -2.48. The van der Waals surface area contributed by atoms with Crippen molar-refractivity contribution in [2.75, 3.05) is 12.8 Å². The van der Waals surface area contributed by atoms with Crippen molar-refractivity contribution in [2.45, 2.75) is 6.54 Å². The normalized spacial score (nSPS) is 10.2. The Morgan fingerprint density at radius 3 is 2.60 bits per heavy atom. The van der Waals surface area contributed by atoms with E-state index in [2.05, 4.69) is 10.2 Å². The molecule has 2 rings (SSSR count). The number of benzene rings is 1. The Balaban J connectivity index is 2.45. The minimum absolute atomic E-state index is 0.0513. The van der Waals surface area contributed by atoms with Gasteiger partial charge in [-0.25, -0.2) is 0 Å². The summed E-state index contributed by atoms with van der Waals surface area (Å²) in [4.78, 5) is 24.5. The Morgan fingerprint density at radius 1 is 1.40 bits per heavy atom. The van der Waals surface area contributed by atoms with Crippen LogP contribution in [-0.4, -0.2) is 16.7 Å². The van der Waals surface area contributed by atoms with Crippen molar-refractivity contribution in [3.8, 4) is 5.75 Å². The van der Waals surface area contributed by atoms with Crippen LogP contribution in [0.5, 0.6) is 5.75 Å². The SMILES string of the molecule is COc1ccc(Cn2c(N)c(N=O)c(=O)[nH]c2=S)cc1. The van der Waals surface area contributed by atoms with Gasteiger partial charge < -0.3 is 10.5 Å². The summed E-state index contributed by atoms with van der Waals surface area (Å²) in [6.07, 6.45) is 0. The molecule has 20 heavy (non-hydrogen) atoms. The van der Waals surface area contributed by atoms with Gasteiger partial charge in [0.15, 0.2) is 4.77 Å². The van der Waals surface area contributed by atoms with Crippen molar-refractivity contribution in [2.24, 2.45) is 5.18 Å². The minimum Gasteiger partial charge on any atom is -0.497 e. The highest BCUT2D eigenvalue weighted by Gasteiger charge is 2.11. The summed E-state index contributed by atoms with van der Waals surface area (Å²) >= 11 is 5.04. The molecule has 1 aromatic carbocycles. The second-order valence-electron chi connectivity index (χ2n) is 4.02. The molecule has 0 aliphatic carbocycles. The molecule has 0 aliphatic heterocycles. The average molecular weight is 292 g/mol. The number of nitrogens with one attached hydrogen (secondary N) is 1. The number of aromatic amines is 1. The van der Waals surface area contributed by atoms with Crippen LogP contribution in [0, 0.1) is 9.68 Å². The van der Waals surface area contributed by atoms with Gasteiger partial charge in [0.25, 0.3) is 5.56 Å². The van der Waals surface area contributed by atoms with Crippen LogP contribution in [0.15, 0.2) is 34.2 Å². The van der Waals surface area contributed by atoms with Crippen molar-refractivity contribution in [1.29, 1.82) is 0 Å². The summed E-state index contributed by atoms with van der Waals surface area (Å²) < 4.78 is 6.64. The number of ether oxygens (including phenoxy) is 1. The van der Waals surface area contributed by atoms with E-state index in [1.165, 1.54) is 4.57 Å². The van der Waals surface area contributed by atoms with Gasteiger partial charge in [0, 0.05) is 0 Å². The predicted molar refractivity (Wildman–Crippen MR) is 77.9 cm³/mol. The standard InChI is InChI=1S/C12H12N4O3S/c1-19-8-4-2-7(3-5-8)6-16-10(13)9(15-18)11(17)14-12(16)20/h2-5H,6,13H2,1H3,(H,14,17,20). The highest BCUT2D eigenvalue weighted by Crippen LogP contribution is 2.18. The first kappa shape index (κ1) is 13.9. The third-order valence-corrected chi connectivity index (χ3v) is 3.13. The maximum Gasteiger partial charge on any atom is 0.283 e. The van der Waals surface area contributed by atoms with Gasteiger partial charge >= 0.3 is 0 Å². The van der Waals surface area contributed by atoms with Gasteiger partial charge in [-0.15, -0.1) is 4.91 Å². The lowest BCUT2D eigenvalue weighted by atomic mass is 10.2. The van der Waals surface area contributed by atoms with Crippen molar-refractivity contribution in [3.63, 3.8) is 0 Å². The van der Waals surface area contributed by atoms with Crippen LogP contribution in [0.4, 0.5) is 11.5 Å². The lowest BCUT2D eigenvalue weighted by Crippen LogP contribution is -2.18. The Morgan fingerprint density at radius 2 is 2.05 bits per heavy atom. The molecule has 0 bridgehead atoms. The smallest absolute Gasteiger partial charge is 0.283 e. The minimum atomic E-state index is -0.687. The molecule has 0 saturated heterocycles. The van der Waals surface area contributed by atoms with Crippen LogP contribution in [0.3, 0.4) is 0 Å². The van der Waals surface area contributed by atoms with Crippen LogP contribution >= 0.6 is 12.2 Å². The number of nitrogen functional groups attached to an aromatic ring is 1. The zero-order valence-electron chi connectivity index (χ0n) is 10.6. The summed E-state index contributed by atoms with van der Waals surface area (Å²) in [5.41, 5.74) is 5.59. The van der Waals surface area contributed by atoms with Crippen LogP contribution < -0.4 is 16.0 Å². The predicted octanol–water partition coefficient (Wildman–Crippen LogP) is 1.94. The second-order valence-corrected chi connectivity index (χ2v) is 4.41. The van der Waals surface area contributed by atoms with Crippen molar-refractivity contribution in [3.05, 3.63) is 49.9 Å². The summed E-state index contributed by atoms with van der Waals surface area (Å²) in [6.45, 7) is 0.313. The van der Waals surface area contributed by atoms with E-state index in [9.17, 15) is 9.70 Å². The second kappa shape index (κ2) is 5.66. The molecule has 0 fully saturated rings. The van der Waals surface area contributed by atoms with Gasteiger partial charge in [-0.2, -0.15) is 0 Å². The molecule has 0 aliphatic rings. The Labute approximate surface area is 119 Å². The molecule has 7 nitrogen and oxygen atoms in total. The third kappa shape index (κ3) is 2.59.